The standard InChI is InChI=1S/C14H14FNO2/c1-10-14(18)13(17)7-9-16(10)8-6-11-2-4-12(15)5-3-11/h2-5,7,9,18H,6,8H2,1H3. The molecule has 0 bridgehead atoms. The van der Waals surface area contributed by atoms with Crippen LogP contribution in [0.4, 0.5) is 4.39 Å². The van der Waals surface area contributed by atoms with Gasteiger partial charge in [-0.25, -0.2) is 4.39 Å². The summed E-state index contributed by atoms with van der Waals surface area (Å²) in [4.78, 5) is 11.2. The third kappa shape index (κ3) is 2.59. The lowest BCUT2D eigenvalue weighted by Crippen LogP contribution is -2.11. The Balaban J connectivity index is 2.13. The van der Waals surface area contributed by atoms with Crippen LogP contribution in [-0.2, 0) is 13.0 Å². The number of rotatable bonds is 3. The molecule has 18 heavy (non-hydrogen) atoms. The van der Waals surface area contributed by atoms with Crippen LogP contribution >= 0.6 is 0 Å². The highest BCUT2D eigenvalue weighted by molar-refractivity contribution is 5.25. The van der Waals surface area contributed by atoms with E-state index in [0.29, 0.717) is 18.7 Å². The van der Waals surface area contributed by atoms with E-state index in [4.69, 9.17) is 0 Å². The summed E-state index contributed by atoms with van der Waals surface area (Å²) in [5.74, 6) is -0.465. The Labute approximate surface area is 104 Å². The highest BCUT2D eigenvalue weighted by Crippen LogP contribution is 2.11. The van der Waals surface area contributed by atoms with Gasteiger partial charge in [-0.2, -0.15) is 0 Å². The molecule has 94 valence electrons. The minimum Gasteiger partial charge on any atom is -0.503 e. The maximum absolute atomic E-state index is 12.7. The molecule has 0 aliphatic carbocycles. The summed E-state index contributed by atoms with van der Waals surface area (Å²) >= 11 is 0. The topological polar surface area (TPSA) is 42.2 Å². The quantitative estimate of drug-likeness (QED) is 0.903. The Kier molecular flexibility index (Phi) is 3.46. The fraction of sp³-hybridized carbons (Fsp3) is 0.214. The number of pyridine rings is 1. The first kappa shape index (κ1) is 12.4. The van der Waals surface area contributed by atoms with E-state index in [1.807, 2.05) is 0 Å². The van der Waals surface area contributed by atoms with Crippen LogP contribution < -0.4 is 5.43 Å². The van der Waals surface area contributed by atoms with E-state index in [0.717, 1.165) is 5.56 Å². The normalized spacial score (nSPS) is 10.6. The average Bonchev–Trinajstić information content (AvgIpc) is 2.37. The van der Waals surface area contributed by atoms with Gasteiger partial charge in [0.15, 0.2) is 5.75 Å². The average molecular weight is 247 g/mol. The molecule has 0 aliphatic heterocycles. The van der Waals surface area contributed by atoms with E-state index < -0.39 is 0 Å². The van der Waals surface area contributed by atoms with Crippen molar-refractivity contribution in [1.29, 1.82) is 0 Å². The molecule has 1 aromatic heterocycles. The Bertz CT molecular complexity index is 602. The molecule has 0 saturated heterocycles. The molecule has 0 fully saturated rings. The smallest absolute Gasteiger partial charge is 0.223 e. The largest absolute Gasteiger partial charge is 0.503 e. The molecular weight excluding hydrogens is 233 g/mol. The monoisotopic (exact) mass is 247 g/mol. The highest BCUT2D eigenvalue weighted by Gasteiger charge is 2.05. The van der Waals surface area contributed by atoms with Gasteiger partial charge in [0.25, 0.3) is 0 Å². The van der Waals surface area contributed by atoms with Crippen LogP contribution in [0.15, 0.2) is 41.3 Å². The molecule has 0 amide bonds. The number of halogens is 1. The number of nitrogens with zero attached hydrogens (tertiary/aromatic N) is 1. The minimum absolute atomic E-state index is 0.211. The zero-order valence-corrected chi connectivity index (χ0v) is 10.1. The van der Waals surface area contributed by atoms with E-state index in [2.05, 4.69) is 0 Å². The van der Waals surface area contributed by atoms with Crippen molar-refractivity contribution in [2.75, 3.05) is 0 Å². The van der Waals surface area contributed by atoms with Crippen LogP contribution in [0.5, 0.6) is 5.75 Å². The summed E-state index contributed by atoms with van der Waals surface area (Å²) in [7, 11) is 0. The summed E-state index contributed by atoms with van der Waals surface area (Å²) in [5.41, 5.74) is 1.18. The minimum atomic E-state index is -0.370. The first-order valence-electron chi connectivity index (χ1n) is 5.71. The predicted octanol–water partition coefficient (Wildman–Crippen LogP) is 2.24. The summed E-state index contributed by atoms with van der Waals surface area (Å²) in [5, 5.41) is 9.54. The van der Waals surface area contributed by atoms with Crippen molar-refractivity contribution < 1.29 is 9.50 Å². The molecule has 0 radical (unpaired) electrons. The summed E-state index contributed by atoms with van der Waals surface area (Å²) in [6.45, 7) is 2.33. The van der Waals surface area contributed by atoms with Gasteiger partial charge in [-0.05, 0) is 31.0 Å². The van der Waals surface area contributed by atoms with Crippen LogP contribution in [0.2, 0.25) is 0 Å². The number of hydrogen-bond acceptors (Lipinski definition) is 2. The lowest BCUT2D eigenvalue weighted by atomic mass is 10.1. The number of aromatic hydroxyl groups is 1. The first-order valence-corrected chi connectivity index (χ1v) is 5.71. The molecule has 3 nitrogen and oxygen atoms in total. The summed E-state index contributed by atoms with van der Waals surface area (Å²) < 4.78 is 14.5. The second-order valence-electron chi connectivity index (χ2n) is 4.18. The second kappa shape index (κ2) is 5.04. The third-order valence-corrected chi connectivity index (χ3v) is 2.97. The Morgan fingerprint density at radius 3 is 2.56 bits per heavy atom. The van der Waals surface area contributed by atoms with Crippen LogP contribution in [0.25, 0.3) is 0 Å². The summed E-state index contributed by atoms with van der Waals surface area (Å²) in [6.07, 6.45) is 2.37. The van der Waals surface area contributed by atoms with Crippen LogP contribution in [0.3, 0.4) is 0 Å². The third-order valence-electron chi connectivity index (χ3n) is 2.97. The lowest BCUT2D eigenvalue weighted by Gasteiger charge is -2.11. The van der Waals surface area contributed by atoms with Gasteiger partial charge in [0.2, 0.25) is 5.43 Å². The van der Waals surface area contributed by atoms with E-state index in [-0.39, 0.29) is 17.0 Å². The van der Waals surface area contributed by atoms with Gasteiger partial charge in [0.05, 0.1) is 5.69 Å². The van der Waals surface area contributed by atoms with E-state index >= 15 is 0 Å². The van der Waals surface area contributed by atoms with Gasteiger partial charge in [-0.15, -0.1) is 0 Å². The molecule has 1 heterocycles. The number of aryl methyl sites for hydroxylation is 2. The molecule has 0 spiro atoms. The SMILES string of the molecule is Cc1c(O)c(=O)ccn1CCc1ccc(F)cc1. The molecule has 0 aliphatic rings. The highest BCUT2D eigenvalue weighted by atomic mass is 19.1. The van der Waals surface area contributed by atoms with Crippen LogP contribution in [-0.4, -0.2) is 9.67 Å². The van der Waals surface area contributed by atoms with Crippen molar-refractivity contribution in [3.63, 3.8) is 0 Å². The molecule has 2 rings (SSSR count). The Morgan fingerprint density at radius 2 is 1.89 bits per heavy atom. The number of aromatic nitrogens is 1. The van der Waals surface area contributed by atoms with Gasteiger partial charge in [0, 0.05) is 18.8 Å². The zero-order valence-electron chi connectivity index (χ0n) is 10.1. The van der Waals surface area contributed by atoms with E-state index in [9.17, 15) is 14.3 Å². The molecule has 0 unspecified atom stereocenters. The number of hydrogen-bond donors (Lipinski definition) is 1. The summed E-state index contributed by atoms with van der Waals surface area (Å²) in [6, 6.07) is 7.64. The first-order chi connectivity index (χ1) is 8.58. The second-order valence-corrected chi connectivity index (χ2v) is 4.18. The van der Waals surface area contributed by atoms with Gasteiger partial charge < -0.3 is 9.67 Å². The van der Waals surface area contributed by atoms with Crippen LogP contribution in [0, 0.1) is 12.7 Å². The molecule has 4 heteroatoms. The van der Waals surface area contributed by atoms with E-state index in [1.54, 1.807) is 29.8 Å². The molecule has 0 saturated carbocycles. The van der Waals surface area contributed by atoms with Crippen molar-refractivity contribution in [2.24, 2.45) is 0 Å². The molecule has 1 aromatic carbocycles. The van der Waals surface area contributed by atoms with Gasteiger partial charge >= 0.3 is 0 Å². The Morgan fingerprint density at radius 1 is 1.22 bits per heavy atom. The molecule has 0 atom stereocenters. The molecule has 2 aromatic rings. The fourth-order valence-electron chi connectivity index (χ4n) is 1.81. The number of benzene rings is 1. The van der Waals surface area contributed by atoms with Crippen molar-refractivity contribution >= 4 is 0 Å². The van der Waals surface area contributed by atoms with E-state index in [1.165, 1.54) is 18.2 Å². The van der Waals surface area contributed by atoms with Gasteiger partial charge in [0.1, 0.15) is 5.82 Å². The van der Waals surface area contributed by atoms with Crippen molar-refractivity contribution in [2.45, 2.75) is 19.9 Å². The maximum atomic E-state index is 12.7. The predicted molar refractivity (Wildman–Crippen MR) is 67.2 cm³/mol. The molecule has 1 N–H and O–H groups in total. The Hall–Kier alpha value is -2.10. The fourth-order valence-corrected chi connectivity index (χ4v) is 1.81. The van der Waals surface area contributed by atoms with Gasteiger partial charge in [-0.3, -0.25) is 4.79 Å². The van der Waals surface area contributed by atoms with Crippen molar-refractivity contribution in [1.82, 2.24) is 4.57 Å². The van der Waals surface area contributed by atoms with Gasteiger partial charge in [-0.1, -0.05) is 12.1 Å². The van der Waals surface area contributed by atoms with Crippen LogP contribution in [0.1, 0.15) is 11.3 Å². The zero-order chi connectivity index (χ0) is 13.1. The molecular formula is C14H14FNO2. The maximum Gasteiger partial charge on any atom is 0.223 e. The van der Waals surface area contributed by atoms with Crippen molar-refractivity contribution in [3.05, 3.63) is 63.8 Å². The lowest BCUT2D eigenvalue weighted by molar-refractivity contribution is 0.453. The van der Waals surface area contributed by atoms with Crippen molar-refractivity contribution in [3.8, 4) is 5.75 Å².